The van der Waals surface area contributed by atoms with E-state index < -0.39 is 0 Å². The summed E-state index contributed by atoms with van der Waals surface area (Å²) in [6.07, 6.45) is 4.04. The van der Waals surface area contributed by atoms with Crippen LogP contribution in [0.3, 0.4) is 0 Å². The van der Waals surface area contributed by atoms with Crippen LogP contribution in [0.1, 0.15) is 40.0 Å². The minimum Gasteiger partial charge on any atom is -0.355 e. The van der Waals surface area contributed by atoms with Crippen LogP contribution in [0.15, 0.2) is 0 Å². The van der Waals surface area contributed by atoms with E-state index >= 15 is 0 Å². The van der Waals surface area contributed by atoms with E-state index in [1.807, 2.05) is 0 Å². The molecule has 1 aliphatic rings. The Hall–Kier alpha value is -0.0400. The van der Waals surface area contributed by atoms with E-state index in [2.05, 4.69) is 26.5 Å². The quantitative estimate of drug-likeness (QED) is 0.530. The Kier molecular flexibility index (Phi) is 2.04. The van der Waals surface area contributed by atoms with Crippen LogP contribution in [-0.4, -0.2) is 6.04 Å². The lowest BCUT2D eigenvalue weighted by atomic mass is 9.71. The summed E-state index contributed by atoms with van der Waals surface area (Å²) in [5.41, 5.74) is 4.70. The topological polar surface area (TPSA) is 27.6 Å². The lowest BCUT2D eigenvalue weighted by molar-refractivity contribution is -0.433. The molecule has 1 fully saturated rings. The molecule has 0 saturated heterocycles. The van der Waals surface area contributed by atoms with Crippen molar-refractivity contribution < 1.29 is 5.73 Å². The van der Waals surface area contributed by atoms with Crippen molar-refractivity contribution in [3.63, 3.8) is 0 Å². The molecule has 2 atom stereocenters. The van der Waals surface area contributed by atoms with Gasteiger partial charge in [0, 0.05) is 12.8 Å². The average molecular weight is 142 g/mol. The molecule has 0 spiro atoms. The van der Waals surface area contributed by atoms with E-state index in [0.717, 1.165) is 5.92 Å². The molecule has 0 aromatic carbocycles. The molecule has 0 unspecified atom stereocenters. The van der Waals surface area contributed by atoms with E-state index in [1.54, 1.807) is 0 Å². The SMILES string of the molecule is C[C@H]1C[C@@H]([NH3+])CC(C)(C)C1. The first-order valence-corrected chi connectivity index (χ1v) is 4.33. The molecular weight excluding hydrogens is 122 g/mol. The van der Waals surface area contributed by atoms with E-state index in [1.165, 1.54) is 19.3 Å². The predicted molar refractivity (Wildman–Crippen MR) is 43.5 cm³/mol. The largest absolute Gasteiger partial charge is 0.355 e. The van der Waals surface area contributed by atoms with Gasteiger partial charge < -0.3 is 5.73 Å². The molecule has 0 aromatic heterocycles. The molecule has 1 heteroatoms. The Bertz CT molecular complexity index is 106. The van der Waals surface area contributed by atoms with Crippen LogP contribution in [0, 0.1) is 11.3 Å². The van der Waals surface area contributed by atoms with Crippen LogP contribution >= 0.6 is 0 Å². The van der Waals surface area contributed by atoms with Crippen molar-refractivity contribution in [2.24, 2.45) is 11.3 Å². The maximum Gasteiger partial charge on any atom is 0.0851 e. The maximum atomic E-state index is 4.14. The molecule has 1 nitrogen and oxygen atoms in total. The van der Waals surface area contributed by atoms with Crippen molar-refractivity contribution in [2.75, 3.05) is 0 Å². The van der Waals surface area contributed by atoms with E-state index in [4.69, 9.17) is 0 Å². The second kappa shape index (κ2) is 2.54. The van der Waals surface area contributed by atoms with Crippen molar-refractivity contribution in [2.45, 2.75) is 46.1 Å². The molecule has 60 valence electrons. The standard InChI is InChI=1S/C9H19N/c1-7-4-8(10)6-9(2,3)5-7/h7-8H,4-6,10H2,1-3H3/p+1/t7-,8+/m0/s1. The summed E-state index contributed by atoms with van der Waals surface area (Å²) in [6.45, 7) is 7.07. The summed E-state index contributed by atoms with van der Waals surface area (Å²) < 4.78 is 0. The predicted octanol–water partition coefficient (Wildman–Crippen LogP) is 1.44. The molecule has 10 heavy (non-hydrogen) atoms. The molecule has 0 radical (unpaired) electrons. The fourth-order valence-corrected chi connectivity index (χ4v) is 2.54. The summed E-state index contributed by atoms with van der Waals surface area (Å²) in [7, 11) is 0. The highest BCUT2D eigenvalue weighted by Crippen LogP contribution is 2.36. The second-order valence-corrected chi connectivity index (χ2v) is 4.78. The van der Waals surface area contributed by atoms with Crippen LogP contribution in [0.25, 0.3) is 0 Å². The Morgan fingerprint density at radius 3 is 2.30 bits per heavy atom. The van der Waals surface area contributed by atoms with Crippen molar-refractivity contribution in [3.05, 3.63) is 0 Å². The zero-order valence-electron chi connectivity index (χ0n) is 7.48. The highest BCUT2D eigenvalue weighted by atomic mass is 14.7. The lowest BCUT2D eigenvalue weighted by Gasteiger charge is -2.35. The number of hydrogen-bond acceptors (Lipinski definition) is 0. The molecule has 0 amide bonds. The van der Waals surface area contributed by atoms with Gasteiger partial charge in [0.25, 0.3) is 0 Å². The monoisotopic (exact) mass is 142 g/mol. The van der Waals surface area contributed by atoms with Crippen LogP contribution < -0.4 is 5.73 Å². The van der Waals surface area contributed by atoms with Crippen molar-refractivity contribution >= 4 is 0 Å². The van der Waals surface area contributed by atoms with Gasteiger partial charge in [-0.05, 0) is 17.8 Å². The first kappa shape index (κ1) is 8.06. The fraction of sp³-hybridized carbons (Fsp3) is 1.00. The number of hydrogen-bond donors (Lipinski definition) is 1. The molecule has 0 aliphatic heterocycles. The van der Waals surface area contributed by atoms with Gasteiger partial charge >= 0.3 is 0 Å². The molecule has 3 N–H and O–H groups in total. The third-order valence-electron chi connectivity index (χ3n) is 2.48. The average Bonchev–Trinajstić information content (AvgIpc) is 1.54. The van der Waals surface area contributed by atoms with Gasteiger partial charge in [-0.3, -0.25) is 0 Å². The van der Waals surface area contributed by atoms with Gasteiger partial charge in [-0.2, -0.15) is 0 Å². The third-order valence-corrected chi connectivity index (χ3v) is 2.48. The zero-order chi connectivity index (χ0) is 7.78. The van der Waals surface area contributed by atoms with Gasteiger partial charge in [-0.1, -0.05) is 20.8 Å². The summed E-state index contributed by atoms with van der Waals surface area (Å²) in [5, 5.41) is 0. The summed E-state index contributed by atoms with van der Waals surface area (Å²) in [4.78, 5) is 0. The molecule has 1 aliphatic carbocycles. The minimum absolute atomic E-state index is 0.560. The molecule has 0 heterocycles. The van der Waals surface area contributed by atoms with Gasteiger partial charge in [-0.15, -0.1) is 0 Å². The molecule has 0 bridgehead atoms. The van der Waals surface area contributed by atoms with Gasteiger partial charge in [0.1, 0.15) is 0 Å². The van der Waals surface area contributed by atoms with Crippen LogP contribution in [-0.2, 0) is 0 Å². The summed E-state index contributed by atoms with van der Waals surface area (Å²) in [6, 6.07) is 0.707. The first-order chi connectivity index (χ1) is 4.49. The summed E-state index contributed by atoms with van der Waals surface area (Å²) >= 11 is 0. The fourth-order valence-electron chi connectivity index (χ4n) is 2.54. The van der Waals surface area contributed by atoms with Crippen molar-refractivity contribution in [1.29, 1.82) is 0 Å². The smallest absolute Gasteiger partial charge is 0.0851 e. The van der Waals surface area contributed by atoms with Crippen molar-refractivity contribution in [3.8, 4) is 0 Å². The Morgan fingerprint density at radius 1 is 1.30 bits per heavy atom. The maximum absolute atomic E-state index is 4.14. The van der Waals surface area contributed by atoms with Crippen LogP contribution in [0.4, 0.5) is 0 Å². The number of quaternary nitrogens is 1. The van der Waals surface area contributed by atoms with Gasteiger partial charge in [0.2, 0.25) is 0 Å². The van der Waals surface area contributed by atoms with E-state index in [9.17, 15) is 0 Å². The third kappa shape index (κ3) is 1.98. The minimum atomic E-state index is 0.560. The Labute approximate surface area is 64.0 Å². The summed E-state index contributed by atoms with van der Waals surface area (Å²) in [5.74, 6) is 0.895. The normalized spacial score (nSPS) is 39.6. The Balaban J connectivity index is 2.51. The number of rotatable bonds is 0. The lowest BCUT2D eigenvalue weighted by Crippen LogP contribution is -2.64. The highest BCUT2D eigenvalue weighted by molar-refractivity contribution is 4.81. The molecule has 1 rings (SSSR count). The van der Waals surface area contributed by atoms with Gasteiger partial charge in [0.15, 0.2) is 0 Å². The second-order valence-electron chi connectivity index (χ2n) is 4.78. The van der Waals surface area contributed by atoms with Crippen LogP contribution in [0.5, 0.6) is 0 Å². The first-order valence-electron chi connectivity index (χ1n) is 4.33. The highest BCUT2D eigenvalue weighted by Gasteiger charge is 2.31. The van der Waals surface area contributed by atoms with E-state index in [-0.39, 0.29) is 0 Å². The zero-order valence-corrected chi connectivity index (χ0v) is 7.48. The van der Waals surface area contributed by atoms with Crippen molar-refractivity contribution in [1.82, 2.24) is 0 Å². The molecule has 0 aromatic rings. The molecule has 1 saturated carbocycles. The van der Waals surface area contributed by atoms with Gasteiger partial charge in [-0.25, -0.2) is 0 Å². The Morgan fingerprint density at radius 2 is 1.90 bits per heavy atom. The molecular formula is C9H20N+. The van der Waals surface area contributed by atoms with E-state index in [0.29, 0.717) is 11.5 Å². The van der Waals surface area contributed by atoms with Gasteiger partial charge in [0.05, 0.1) is 6.04 Å². The van der Waals surface area contributed by atoms with Crippen LogP contribution in [0.2, 0.25) is 0 Å².